The summed E-state index contributed by atoms with van der Waals surface area (Å²) in [6.45, 7) is 8.86. The van der Waals surface area contributed by atoms with Crippen LogP contribution >= 0.6 is 0 Å². The number of hydrogen-bond acceptors (Lipinski definition) is 3. The van der Waals surface area contributed by atoms with E-state index in [4.69, 9.17) is 0 Å². The molecular formula is C15H29N3O. The van der Waals surface area contributed by atoms with E-state index in [2.05, 4.69) is 29.4 Å². The minimum atomic E-state index is 0.227. The second kappa shape index (κ2) is 7.25. The Morgan fingerprint density at radius 1 is 1.32 bits per heavy atom. The topological polar surface area (TPSA) is 44.4 Å². The van der Waals surface area contributed by atoms with E-state index in [1.165, 1.54) is 13.0 Å². The lowest BCUT2D eigenvalue weighted by Crippen LogP contribution is -2.48. The molecule has 0 aromatic carbocycles. The average molecular weight is 267 g/mol. The zero-order chi connectivity index (χ0) is 13.7. The Morgan fingerprint density at radius 3 is 2.68 bits per heavy atom. The lowest BCUT2D eigenvalue weighted by Gasteiger charge is -2.34. The van der Waals surface area contributed by atoms with Crippen molar-refractivity contribution in [1.82, 2.24) is 15.5 Å². The predicted octanol–water partition coefficient (Wildman–Crippen LogP) is 1.37. The first-order chi connectivity index (χ1) is 9.19. The van der Waals surface area contributed by atoms with Crippen LogP contribution in [0.5, 0.6) is 0 Å². The van der Waals surface area contributed by atoms with Gasteiger partial charge in [0.05, 0.1) is 0 Å². The number of carbonyl (C=O) groups excluding carboxylic acids is 1. The van der Waals surface area contributed by atoms with Gasteiger partial charge < -0.3 is 15.5 Å². The first-order valence-corrected chi connectivity index (χ1v) is 7.95. The van der Waals surface area contributed by atoms with Gasteiger partial charge in [-0.1, -0.05) is 6.92 Å². The maximum absolute atomic E-state index is 12.3. The van der Waals surface area contributed by atoms with Crippen molar-refractivity contribution in [3.05, 3.63) is 0 Å². The summed E-state index contributed by atoms with van der Waals surface area (Å²) in [5.74, 6) is 0.521. The third-order valence-electron chi connectivity index (χ3n) is 4.47. The van der Waals surface area contributed by atoms with E-state index in [1.54, 1.807) is 0 Å². The van der Waals surface area contributed by atoms with Crippen LogP contribution in [0.15, 0.2) is 0 Å². The largest absolute Gasteiger partial charge is 0.353 e. The van der Waals surface area contributed by atoms with Crippen molar-refractivity contribution in [3.63, 3.8) is 0 Å². The molecule has 2 unspecified atom stereocenters. The van der Waals surface area contributed by atoms with Crippen LogP contribution in [0.25, 0.3) is 0 Å². The summed E-state index contributed by atoms with van der Waals surface area (Å²) in [6, 6.07) is 0.890. The number of likely N-dealkylation sites (tertiary alicyclic amines) is 1. The average Bonchev–Trinajstić information content (AvgIpc) is 2.41. The molecule has 110 valence electrons. The molecule has 2 heterocycles. The van der Waals surface area contributed by atoms with Crippen molar-refractivity contribution in [2.75, 3.05) is 26.2 Å². The fourth-order valence-electron chi connectivity index (χ4n) is 3.31. The standard InChI is InChI=1S/C15H29N3O/c1-3-8-18-9-5-14(6-10-18)17-15(19)13-4-7-16-12(2)11-13/h12-14,16H,3-11H2,1-2H3,(H,17,19). The van der Waals surface area contributed by atoms with Gasteiger partial charge in [0.2, 0.25) is 5.91 Å². The second-order valence-corrected chi connectivity index (χ2v) is 6.20. The number of hydrogen-bond donors (Lipinski definition) is 2. The minimum absolute atomic E-state index is 0.227. The lowest BCUT2D eigenvalue weighted by molar-refractivity contribution is -0.127. The molecule has 19 heavy (non-hydrogen) atoms. The highest BCUT2D eigenvalue weighted by Crippen LogP contribution is 2.18. The molecule has 0 aromatic rings. The van der Waals surface area contributed by atoms with Crippen LogP contribution in [0.1, 0.15) is 46.0 Å². The molecule has 2 N–H and O–H groups in total. The Labute approximate surface area is 117 Å². The van der Waals surface area contributed by atoms with E-state index >= 15 is 0 Å². The van der Waals surface area contributed by atoms with E-state index in [1.807, 2.05) is 0 Å². The van der Waals surface area contributed by atoms with Gasteiger partial charge in [0.15, 0.2) is 0 Å². The molecule has 2 aliphatic rings. The third kappa shape index (κ3) is 4.46. The molecular weight excluding hydrogens is 238 g/mol. The molecule has 2 atom stereocenters. The number of nitrogens with zero attached hydrogens (tertiary/aromatic N) is 1. The third-order valence-corrected chi connectivity index (χ3v) is 4.47. The molecule has 2 fully saturated rings. The van der Waals surface area contributed by atoms with Gasteiger partial charge >= 0.3 is 0 Å². The monoisotopic (exact) mass is 267 g/mol. The molecule has 4 heteroatoms. The minimum Gasteiger partial charge on any atom is -0.353 e. The van der Waals surface area contributed by atoms with Crippen LogP contribution < -0.4 is 10.6 Å². The summed E-state index contributed by atoms with van der Waals surface area (Å²) in [5, 5.41) is 6.68. The molecule has 2 saturated heterocycles. The summed E-state index contributed by atoms with van der Waals surface area (Å²) in [6.07, 6.45) is 5.44. The van der Waals surface area contributed by atoms with Gasteiger partial charge in [-0.25, -0.2) is 0 Å². The molecule has 4 nitrogen and oxygen atoms in total. The predicted molar refractivity (Wildman–Crippen MR) is 78.1 cm³/mol. The number of rotatable bonds is 4. The van der Waals surface area contributed by atoms with E-state index in [0.29, 0.717) is 18.0 Å². The summed E-state index contributed by atoms with van der Waals surface area (Å²) in [5.41, 5.74) is 0. The SMILES string of the molecule is CCCN1CCC(NC(=O)C2CCNC(C)C2)CC1. The van der Waals surface area contributed by atoms with Gasteiger partial charge in [0, 0.05) is 31.1 Å². The van der Waals surface area contributed by atoms with Gasteiger partial charge in [-0.2, -0.15) is 0 Å². The van der Waals surface area contributed by atoms with Gasteiger partial charge in [0.1, 0.15) is 0 Å². The highest BCUT2D eigenvalue weighted by Gasteiger charge is 2.27. The summed E-state index contributed by atoms with van der Waals surface area (Å²) >= 11 is 0. The molecule has 2 rings (SSSR count). The fraction of sp³-hybridized carbons (Fsp3) is 0.933. The van der Waals surface area contributed by atoms with E-state index in [0.717, 1.165) is 45.3 Å². The van der Waals surface area contributed by atoms with Crippen molar-refractivity contribution >= 4 is 5.91 Å². The van der Waals surface area contributed by atoms with Crippen molar-refractivity contribution in [2.24, 2.45) is 5.92 Å². The number of piperidine rings is 2. The Bertz CT molecular complexity index is 287. The molecule has 1 amide bonds. The van der Waals surface area contributed by atoms with Crippen LogP contribution in [0.3, 0.4) is 0 Å². The van der Waals surface area contributed by atoms with Gasteiger partial charge in [-0.3, -0.25) is 4.79 Å². The number of nitrogens with one attached hydrogen (secondary N) is 2. The van der Waals surface area contributed by atoms with Crippen molar-refractivity contribution in [2.45, 2.75) is 58.0 Å². The van der Waals surface area contributed by atoms with E-state index in [9.17, 15) is 4.79 Å². The first-order valence-electron chi connectivity index (χ1n) is 7.95. The van der Waals surface area contributed by atoms with Crippen LogP contribution in [0.2, 0.25) is 0 Å². The smallest absolute Gasteiger partial charge is 0.223 e. The fourth-order valence-corrected chi connectivity index (χ4v) is 3.31. The van der Waals surface area contributed by atoms with Crippen LogP contribution in [0, 0.1) is 5.92 Å². The molecule has 0 spiro atoms. The van der Waals surface area contributed by atoms with Crippen LogP contribution in [-0.2, 0) is 4.79 Å². The molecule has 0 saturated carbocycles. The Morgan fingerprint density at radius 2 is 2.05 bits per heavy atom. The highest BCUT2D eigenvalue weighted by molar-refractivity contribution is 5.79. The summed E-state index contributed by atoms with van der Waals surface area (Å²) in [4.78, 5) is 14.8. The van der Waals surface area contributed by atoms with Gasteiger partial charge in [-0.15, -0.1) is 0 Å². The highest BCUT2D eigenvalue weighted by atomic mass is 16.1. The van der Waals surface area contributed by atoms with Crippen molar-refractivity contribution in [1.29, 1.82) is 0 Å². The maximum Gasteiger partial charge on any atom is 0.223 e. The Kier molecular flexibility index (Phi) is 5.64. The van der Waals surface area contributed by atoms with E-state index < -0.39 is 0 Å². The normalized spacial score (nSPS) is 30.2. The van der Waals surface area contributed by atoms with Crippen molar-refractivity contribution in [3.8, 4) is 0 Å². The molecule has 2 aliphatic heterocycles. The Hall–Kier alpha value is -0.610. The molecule has 0 aromatic heterocycles. The summed E-state index contributed by atoms with van der Waals surface area (Å²) < 4.78 is 0. The molecule has 0 radical (unpaired) electrons. The van der Waals surface area contributed by atoms with Crippen molar-refractivity contribution < 1.29 is 4.79 Å². The second-order valence-electron chi connectivity index (χ2n) is 6.20. The van der Waals surface area contributed by atoms with E-state index in [-0.39, 0.29) is 5.92 Å². The molecule has 0 aliphatic carbocycles. The Balaban J connectivity index is 1.71. The van der Waals surface area contributed by atoms with Gasteiger partial charge in [-0.05, 0) is 52.1 Å². The zero-order valence-corrected chi connectivity index (χ0v) is 12.5. The maximum atomic E-state index is 12.3. The molecule has 0 bridgehead atoms. The quantitative estimate of drug-likeness (QED) is 0.808. The van der Waals surface area contributed by atoms with Crippen LogP contribution in [0.4, 0.5) is 0 Å². The lowest BCUT2D eigenvalue weighted by atomic mass is 9.92. The van der Waals surface area contributed by atoms with Crippen LogP contribution in [-0.4, -0.2) is 49.1 Å². The first kappa shape index (κ1) is 14.8. The number of amides is 1. The summed E-state index contributed by atoms with van der Waals surface area (Å²) in [7, 11) is 0. The van der Waals surface area contributed by atoms with Gasteiger partial charge in [0.25, 0.3) is 0 Å². The zero-order valence-electron chi connectivity index (χ0n) is 12.5. The number of carbonyl (C=O) groups is 1.